The van der Waals surface area contributed by atoms with Crippen LogP contribution < -0.4 is 0 Å². The van der Waals surface area contributed by atoms with Crippen molar-refractivity contribution in [3.05, 3.63) is 0 Å². The summed E-state index contributed by atoms with van der Waals surface area (Å²) in [5, 5.41) is 0. The fourth-order valence-corrected chi connectivity index (χ4v) is 0. The van der Waals surface area contributed by atoms with E-state index < -0.39 is 8.69 Å². The van der Waals surface area contributed by atoms with Crippen LogP contribution in [0.1, 0.15) is 0 Å². The van der Waals surface area contributed by atoms with E-state index >= 15 is 0 Å². The van der Waals surface area contributed by atoms with Gasteiger partial charge in [0.05, 0.1) is 0 Å². The van der Waals surface area contributed by atoms with Crippen LogP contribution in [-0.4, -0.2) is 30.9 Å². The Labute approximate surface area is 45.2 Å². The smallest absolute Gasteiger partial charge is 0.177 e. The van der Waals surface area contributed by atoms with Crippen LogP contribution in [0.3, 0.4) is 0 Å². The molecule has 46 valence electrons. The molecular weight excluding hydrogens is 113 g/mol. The minimum atomic E-state index is -1.50. The molecule has 0 aromatic rings. The second-order valence-electron chi connectivity index (χ2n) is 1.45. The third-order valence-electron chi connectivity index (χ3n) is 0. The van der Waals surface area contributed by atoms with Gasteiger partial charge >= 0.3 is 0 Å². The van der Waals surface area contributed by atoms with Gasteiger partial charge in [-0.25, -0.2) is 0 Å². The molecule has 1 atom stereocenters. The standard InChI is InChI=1S/C3H9N.H3O2P/c1-4(2)3;1-3-2/h1-3H3;3H2,(H,1,2). The molecule has 0 rings (SSSR count). The van der Waals surface area contributed by atoms with Gasteiger partial charge in [0, 0.05) is 0 Å². The lowest BCUT2D eigenvalue weighted by molar-refractivity contribution is 0.505. The van der Waals surface area contributed by atoms with E-state index in [-0.39, 0.29) is 0 Å². The predicted molar refractivity (Wildman–Crippen MR) is 32.2 cm³/mol. The van der Waals surface area contributed by atoms with Gasteiger partial charge in [0.15, 0.2) is 8.69 Å². The van der Waals surface area contributed by atoms with Crippen molar-refractivity contribution in [2.24, 2.45) is 0 Å². The third-order valence-corrected chi connectivity index (χ3v) is 0. The number of rotatable bonds is 0. The molecule has 0 bridgehead atoms. The van der Waals surface area contributed by atoms with E-state index in [1.807, 2.05) is 26.0 Å². The maximum atomic E-state index is 8.57. The summed E-state index contributed by atoms with van der Waals surface area (Å²) >= 11 is 0. The van der Waals surface area contributed by atoms with E-state index in [4.69, 9.17) is 9.46 Å². The van der Waals surface area contributed by atoms with Crippen LogP contribution in [0.5, 0.6) is 0 Å². The van der Waals surface area contributed by atoms with Crippen LogP contribution in [0.25, 0.3) is 0 Å². The Balaban J connectivity index is 0. The number of hydrogen-bond donors (Lipinski definition) is 1. The molecule has 0 heterocycles. The largest absolute Gasteiger partial charge is 0.348 e. The molecule has 3 nitrogen and oxygen atoms in total. The molecule has 4 heteroatoms. The first kappa shape index (κ1) is 10.2. The Morgan fingerprint density at radius 3 is 1.43 bits per heavy atom. The molecule has 0 saturated carbocycles. The van der Waals surface area contributed by atoms with E-state index in [9.17, 15) is 0 Å². The SMILES string of the molecule is CN(C)C.O=[PH2]O. The lowest BCUT2D eigenvalue weighted by atomic mass is 11.0. The predicted octanol–water partition coefficient (Wildman–Crippen LogP) is -0.172. The summed E-state index contributed by atoms with van der Waals surface area (Å²) in [6.07, 6.45) is 0. The van der Waals surface area contributed by atoms with Crippen molar-refractivity contribution in [3.8, 4) is 0 Å². The van der Waals surface area contributed by atoms with Gasteiger partial charge in [0.1, 0.15) is 0 Å². The molecule has 0 aliphatic carbocycles. The minimum Gasteiger partial charge on any atom is -0.348 e. The van der Waals surface area contributed by atoms with E-state index in [1.54, 1.807) is 0 Å². The highest BCUT2D eigenvalue weighted by Crippen LogP contribution is 1.66. The normalized spacial score (nSPS) is 9.29. The highest BCUT2D eigenvalue weighted by molar-refractivity contribution is 7.16. The summed E-state index contributed by atoms with van der Waals surface area (Å²) < 4.78 is 8.57. The van der Waals surface area contributed by atoms with E-state index in [0.29, 0.717) is 0 Å². The minimum absolute atomic E-state index is 1.50. The lowest BCUT2D eigenvalue weighted by Gasteiger charge is -1.90. The van der Waals surface area contributed by atoms with Crippen LogP contribution in [0.2, 0.25) is 0 Å². The zero-order chi connectivity index (χ0) is 6.28. The first-order chi connectivity index (χ1) is 3.15. The number of hydrogen-bond acceptors (Lipinski definition) is 2. The fourth-order valence-electron chi connectivity index (χ4n) is 0. The molecule has 1 unspecified atom stereocenters. The molecule has 0 saturated heterocycles. The maximum Gasteiger partial charge on any atom is 0.177 e. The first-order valence-electron chi connectivity index (χ1n) is 1.84. The Morgan fingerprint density at radius 2 is 1.43 bits per heavy atom. The topological polar surface area (TPSA) is 40.5 Å². The van der Waals surface area contributed by atoms with Crippen molar-refractivity contribution in [1.82, 2.24) is 4.90 Å². The summed E-state index contributed by atoms with van der Waals surface area (Å²) in [6, 6.07) is 0. The highest BCUT2D eigenvalue weighted by atomic mass is 31.1. The van der Waals surface area contributed by atoms with Crippen molar-refractivity contribution in [1.29, 1.82) is 0 Å². The van der Waals surface area contributed by atoms with Crippen molar-refractivity contribution < 1.29 is 9.46 Å². The van der Waals surface area contributed by atoms with Gasteiger partial charge in [-0.1, -0.05) is 0 Å². The summed E-state index contributed by atoms with van der Waals surface area (Å²) in [7, 11) is 4.50. The van der Waals surface area contributed by atoms with Crippen molar-refractivity contribution in [3.63, 3.8) is 0 Å². The summed E-state index contributed by atoms with van der Waals surface area (Å²) in [6.45, 7) is 0. The molecule has 0 aromatic carbocycles. The van der Waals surface area contributed by atoms with Gasteiger partial charge in [-0.15, -0.1) is 0 Å². The summed E-state index contributed by atoms with van der Waals surface area (Å²) in [5.74, 6) is 0. The van der Waals surface area contributed by atoms with Gasteiger partial charge < -0.3 is 9.79 Å². The van der Waals surface area contributed by atoms with Crippen LogP contribution >= 0.6 is 8.69 Å². The average Bonchev–Trinajstić information content (AvgIpc) is 1.33. The van der Waals surface area contributed by atoms with Crippen LogP contribution in [-0.2, 0) is 4.57 Å². The van der Waals surface area contributed by atoms with Crippen molar-refractivity contribution in [2.45, 2.75) is 0 Å². The molecule has 0 fully saturated rings. The van der Waals surface area contributed by atoms with Gasteiger partial charge in [0.2, 0.25) is 0 Å². The van der Waals surface area contributed by atoms with E-state index in [0.717, 1.165) is 0 Å². The summed E-state index contributed by atoms with van der Waals surface area (Å²) in [5.41, 5.74) is 0. The van der Waals surface area contributed by atoms with Gasteiger partial charge in [0.25, 0.3) is 0 Å². The zero-order valence-corrected chi connectivity index (χ0v) is 6.03. The Hall–Kier alpha value is 0.150. The molecule has 0 aliphatic rings. The molecular formula is C3H12NO2P. The van der Waals surface area contributed by atoms with Crippen molar-refractivity contribution >= 4 is 8.69 Å². The molecule has 0 aliphatic heterocycles. The molecule has 0 amide bonds. The average molecular weight is 125 g/mol. The zero-order valence-electron chi connectivity index (χ0n) is 4.88. The monoisotopic (exact) mass is 125 g/mol. The van der Waals surface area contributed by atoms with E-state index in [1.165, 1.54) is 0 Å². The van der Waals surface area contributed by atoms with Gasteiger partial charge in [-0.05, 0) is 21.1 Å². The Morgan fingerprint density at radius 1 is 1.43 bits per heavy atom. The summed E-state index contributed by atoms with van der Waals surface area (Å²) in [4.78, 5) is 9.10. The Bertz CT molecular complexity index is 37.2. The number of nitrogens with zero attached hydrogens (tertiary/aromatic N) is 1. The first-order valence-corrected chi connectivity index (χ1v) is 2.82. The molecule has 0 radical (unpaired) electrons. The third kappa shape index (κ3) is 4710. The van der Waals surface area contributed by atoms with Crippen LogP contribution in [0, 0.1) is 0 Å². The van der Waals surface area contributed by atoms with Crippen molar-refractivity contribution in [2.75, 3.05) is 21.1 Å². The highest BCUT2D eigenvalue weighted by Gasteiger charge is 1.58. The van der Waals surface area contributed by atoms with Gasteiger partial charge in [-0.2, -0.15) is 0 Å². The lowest BCUT2D eigenvalue weighted by Crippen LogP contribution is -1.99. The Kier molecular flexibility index (Phi) is 13.8. The van der Waals surface area contributed by atoms with Crippen LogP contribution in [0.4, 0.5) is 0 Å². The van der Waals surface area contributed by atoms with Gasteiger partial charge in [-0.3, -0.25) is 4.57 Å². The molecule has 0 spiro atoms. The second-order valence-corrected chi connectivity index (χ2v) is 1.66. The molecule has 0 aromatic heterocycles. The van der Waals surface area contributed by atoms with E-state index in [2.05, 4.69) is 0 Å². The molecule has 1 N–H and O–H groups in total. The van der Waals surface area contributed by atoms with Crippen LogP contribution in [0.15, 0.2) is 0 Å². The maximum absolute atomic E-state index is 8.57. The molecule has 7 heavy (non-hydrogen) atoms. The second kappa shape index (κ2) is 9.47. The fraction of sp³-hybridized carbons (Fsp3) is 1.00. The quantitative estimate of drug-likeness (QED) is 0.457.